The van der Waals surface area contributed by atoms with Gasteiger partial charge in [0, 0.05) is 3.57 Å². The van der Waals surface area contributed by atoms with Crippen LogP contribution >= 0.6 is 22.6 Å². The summed E-state index contributed by atoms with van der Waals surface area (Å²) in [5.41, 5.74) is 0.410. The van der Waals surface area contributed by atoms with Crippen LogP contribution in [0, 0.1) is 3.57 Å². The van der Waals surface area contributed by atoms with Crippen molar-refractivity contribution in [2.24, 2.45) is 0 Å². The molecule has 0 saturated heterocycles. The highest BCUT2D eigenvalue weighted by Gasteiger charge is 2.08. The summed E-state index contributed by atoms with van der Waals surface area (Å²) in [5, 5.41) is 9.24. The fourth-order valence-corrected chi connectivity index (χ4v) is 1.72. The molecule has 1 N–H and O–H groups in total. The van der Waals surface area contributed by atoms with E-state index in [4.69, 9.17) is 0 Å². The van der Waals surface area contributed by atoms with Gasteiger partial charge < -0.3 is 5.11 Å². The molecule has 0 amide bonds. The number of carbonyl (C=O) groups excluding carboxylic acids is 1. The van der Waals surface area contributed by atoms with Crippen LogP contribution in [0.5, 0.6) is 5.75 Å². The highest BCUT2D eigenvalue weighted by Crippen LogP contribution is 2.22. The molecule has 58 valence electrons. The first-order valence-corrected chi connectivity index (χ1v) is 4.19. The predicted molar refractivity (Wildman–Crippen MR) is 50.8 cm³/mol. The Labute approximate surface area is 78.4 Å². The van der Waals surface area contributed by atoms with Crippen LogP contribution in [0.1, 0.15) is 17.3 Å². The van der Waals surface area contributed by atoms with E-state index in [0.29, 0.717) is 5.56 Å². The van der Waals surface area contributed by atoms with Crippen LogP contribution in [0.15, 0.2) is 18.2 Å². The average Bonchev–Trinajstić information content (AvgIpc) is 1.85. The molecule has 3 heteroatoms. The third kappa shape index (κ3) is 1.71. The lowest BCUT2D eigenvalue weighted by atomic mass is 10.1. The second-order valence-corrected chi connectivity index (χ2v) is 3.35. The zero-order valence-corrected chi connectivity index (χ0v) is 8.12. The van der Waals surface area contributed by atoms with Crippen LogP contribution in [0.4, 0.5) is 0 Å². The van der Waals surface area contributed by atoms with Gasteiger partial charge in [-0.1, -0.05) is 6.07 Å². The Morgan fingerprint density at radius 1 is 1.55 bits per heavy atom. The number of carbonyl (C=O) groups is 1. The smallest absolute Gasteiger partial charge is 0.164 e. The Bertz CT molecular complexity index is 274. The maximum atomic E-state index is 10.9. The molecule has 1 aromatic carbocycles. The standard InChI is InChI=1S/C8H7IO2/c1-5(10)8-6(9)3-2-4-7(8)11/h2-4,11H,1H3. The Morgan fingerprint density at radius 2 is 2.18 bits per heavy atom. The third-order valence-electron chi connectivity index (χ3n) is 1.34. The molecule has 2 nitrogen and oxygen atoms in total. The van der Waals surface area contributed by atoms with E-state index >= 15 is 0 Å². The van der Waals surface area contributed by atoms with Gasteiger partial charge in [0.25, 0.3) is 0 Å². The molecular formula is C8H7IO2. The molecule has 1 rings (SSSR count). The molecule has 11 heavy (non-hydrogen) atoms. The van der Waals surface area contributed by atoms with E-state index < -0.39 is 0 Å². The highest BCUT2D eigenvalue weighted by atomic mass is 127. The van der Waals surface area contributed by atoms with Gasteiger partial charge >= 0.3 is 0 Å². The monoisotopic (exact) mass is 262 g/mol. The minimum Gasteiger partial charge on any atom is -0.507 e. The van der Waals surface area contributed by atoms with Gasteiger partial charge in [0.15, 0.2) is 5.78 Å². The van der Waals surface area contributed by atoms with Gasteiger partial charge in [0.1, 0.15) is 5.75 Å². The first kappa shape index (κ1) is 8.52. The minimum atomic E-state index is -0.104. The van der Waals surface area contributed by atoms with Gasteiger partial charge in [-0.3, -0.25) is 4.79 Å². The zero-order chi connectivity index (χ0) is 8.43. The van der Waals surface area contributed by atoms with Crippen molar-refractivity contribution in [3.8, 4) is 5.75 Å². The summed E-state index contributed by atoms with van der Waals surface area (Å²) in [6.45, 7) is 1.44. The second-order valence-electron chi connectivity index (χ2n) is 2.19. The average molecular weight is 262 g/mol. The quantitative estimate of drug-likeness (QED) is 0.622. The number of phenolic OH excluding ortho intramolecular Hbond substituents is 1. The molecule has 0 unspecified atom stereocenters. The van der Waals surface area contributed by atoms with Gasteiger partial charge in [-0.05, 0) is 41.6 Å². The topological polar surface area (TPSA) is 37.3 Å². The van der Waals surface area contributed by atoms with Gasteiger partial charge in [-0.2, -0.15) is 0 Å². The molecule has 0 saturated carbocycles. The molecule has 0 aliphatic heterocycles. The molecule has 0 aromatic heterocycles. The van der Waals surface area contributed by atoms with Crippen molar-refractivity contribution in [3.05, 3.63) is 27.3 Å². The third-order valence-corrected chi connectivity index (χ3v) is 2.24. The molecule has 0 radical (unpaired) electrons. The van der Waals surface area contributed by atoms with Crippen molar-refractivity contribution in [2.75, 3.05) is 0 Å². The molecule has 0 atom stereocenters. The lowest BCUT2D eigenvalue weighted by Crippen LogP contribution is -1.95. The first-order valence-electron chi connectivity index (χ1n) is 3.11. The number of aromatic hydroxyl groups is 1. The van der Waals surface area contributed by atoms with Crippen LogP contribution in [0.3, 0.4) is 0 Å². The van der Waals surface area contributed by atoms with Crippen molar-refractivity contribution in [1.29, 1.82) is 0 Å². The summed E-state index contributed by atoms with van der Waals surface area (Å²) in [7, 11) is 0. The van der Waals surface area contributed by atoms with E-state index in [2.05, 4.69) is 0 Å². The lowest BCUT2D eigenvalue weighted by Gasteiger charge is -2.01. The van der Waals surface area contributed by atoms with Crippen LogP contribution < -0.4 is 0 Å². The summed E-state index contributed by atoms with van der Waals surface area (Å²) in [6.07, 6.45) is 0. The molecule has 1 aromatic rings. The Kier molecular flexibility index (Phi) is 2.49. The molecule has 0 aliphatic rings. The van der Waals surface area contributed by atoms with E-state index in [1.54, 1.807) is 12.1 Å². The normalized spacial score (nSPS) is 9.64. The molecule has 0 aliphatic carbocycles. The van der Waals surface area contributed by atoms with E-state index in [-0.39, 0.29) is 11.5 Å². The number of rotatable bonds is 1. The van der Waals surface area contributed by atoms with Crippen molar-refractivity contribution in [2.45, 2.75) is 6.92 Å². The summed E-state index contributed by atoms with van der Waals surface area (Å²) >= 11 is 2.02. The Balaban J connectivity index is 3.32. The molecule has 0 spiro atoms. The summed E-state index contributed by atoms with van der Waals surface area (Å²) in [5.74, 6) is -0.0445. The fourth-order valence-electron chi connectivity index (χ4n) is 0.861. The van der Waals surface area contributed by atoms with Gasteiger partial charge in [0.05, 0.1) is 5.56 Å². The van der Waals surface area contributed by atoms with Crippen molar-refractivity contribution in [1.82, 2.24) is 0 Å². The number of hydrogen-bond donors (Lipinski definition) is 1. The van der Waals surface area contributed by atoms with E-state index in [0.717, 1.165) is 3.57 Å². The van der Waals surface area contributed by atoms with Gasteiger partial charge in [-0.25, -0.2) is 0 Å². The zero-order valence-electron chi connectivity index (χ0n) is 5.97. The Hall–Kier alpha value is -0.580. The molecular weight excluding hydrogens is 255 g/mol. The number of hydrogen-bond acceptors (Lipinski definition) is 2. The minimum absolute atomic E-state index is 0.0596. The maximum absolute atomic E-state index is 10.9. The second kappa shape index (κ2) is 3.21. The van der Waals surface area contributed by atoms with Crippen LogP contribution in [0.25, 0.3) is 0 Å². The molecule has 0 heterocycles. The van der Waals surface area contributed by atoms with Crippen LogP contribution in [0.2, 0.25) is 0 Å². The summed E-state index contributed by atoms with van der Waals surface area (Å²) < 4.78 is 0.787. The summed E-state index contributed by atoms with van der Waals surface area (Å²) in [6, 6.07) is 5.01. The lowest BCUT2D eigenvalue weighted by molar-refractivity contribution is 0.101. The van der Waals surface area contributed by atoms with E-state index in [1.165, 1.54) is 13.0 Å². The largest absolute Gasteiger partial charge is 0.507 e. The number of phenols is 1. The molecule has 0 fully saturated rings. The number of benzene rings is 1. The highest BCUT2D eigenvalue weighted by molar-refractivity contribution is 14.1. The van der Waals surface area contributed by atoms with Crippen LogP contribution in [-0.4, -0.2) is 10.9 Å². The van der Waals surface area contributed by atoms with Gasteiger partial charge in [0.2, 0.25) is 0 Å². The number of Topliss-reactive ketones (excluding diaryl/α,β-unsaturated/α-hetero) is 1. The number of ketones is 1. The molecule has 0 bridgehead atoms. The van der Waals surface area contributed by atoms with E-state index in [9.17, 15) is 9.90 Å². The van der Waals surface area contributed by atoms with Crippen molar-refractivity contribution in [3.63, 3.8) is 0 Å². The van der Waals surface area contributed by atoms with Crippen molar-refractivity contribution >= 4 is 28.4 Å². The first-order chi connectivity index (χ1) is 5.13. The van der Waals surface area contributed by atoms with Crippen molar-refractivity contribution < 1.29 is 9.90 Å². The Morgan fingerprint density at radius 3 is 2.55 bits per heavy atom. The SMILES string of the molecule is CC(=O)c1c(O)cccc1I. The predicted octanol–water partition coefficient (Wildman–Crippen LogP) is 2.20. The van der Waals surface area contributed by atoms with E-state index in [1.807, 2.05) is 22.6 Å². The fraction of sp³-hybridized carbons (Fsp3) is 0.125. The maximum Gasteiger partial charge on any atom is 0.164 e. The summed E-state index contributed by atoms with van der Waals surface area (Å²) in [4.78, 5) is 10.9. The number of halogens is 1. The van der Waals surface area contributed by atoms with Gasteiger partial charge in [-0.15, -0.1) is 0 Å². The van der Waals surface area contributed by atoms with Crippen LogP contribution in [-0.2, 0) is 0 Å².